The Labute approximate surface area is 181 Å². The predicted octanol–water partition coefficient (Wildman–Crippen LogP) is 4.05. The van der Waals surface area contributed by atoms with Crippen LogP contribution < -0.4 is 10.0 Å². The van der Waals surface area contributed by atoms with Gasteiger partial charge < -0.3 is 5.32 Å². The monoisotopic (exact) mass is 464 g/mol. The van der Waals surface area contributed by atoms with Crippen LogP contribution in [0.2, 0.25) is 0 Å². The van der Waals surface area contributed by atoms with Crippen LogP contribution in [0.3, 0.4) is 0 Å². The maximum Gasteiger partial charge on any atom is 0.266 e. The number of anilines is 1. The normalized spacial score (nSPS) is 16.7. The zero-order valence-electron chi connectivity index (χ0n) is 16.5. The number of aliphatic imine (C=N–C) groups is 1. The average molecular weight is 464 g/mol. The highest BCUT2D eigenvalue weighted by Gasteiger charge is 2.34. The van der Waals surface area contributed by atoms with E-state index in [1.807, 2.05) is 0 Å². The van der Waals surface area contributed by atoms with Gasteiger partial charge in [0.15, 0.2) is 11.6 Å². The third-order valence-corrected chi connectivity index (χ3v) is 6.37. The van der Waals surface area contributed by atoms with Crippen molar-refractivity contribution >= 4 is 21.7 Å². The van der Waals surface area contributed by atoms with Crippen molar-refractivity contribution in [3.63, 3.8) is 0 Å². The summed E-state index contributed by atoms with van der Waals surface area (Å²) in [6, 6.07) is 8.61. The van der Waals surface area contributed by atoms with Crippen molar-refractivity contribution in [3.05, 3.63) is 88.8 Å². The molecule has 32 heavy (non-hydrogen) atoms. The summed E-state index contributed by atoms with van der Waals surface area (Å²) >= 11 is 0. The summed E-state index contributed by atoms with van der Waals surface area (Å²) in [7, 11) is -4.35. The Morgan fingerprint density at radius 2 is 1.75 bits per heavy atom. The number of pyridine rings is 1. The maximum atomic E-state index is 14.9. The minimum Gasteiger partial charge on any atom is -0.324 e. The van der Waals surface area contributed by atoms with Gasteiger partial charge in [0.25, 0.3) is 10.0 Å². The van der Waals surface area contributed by atoms with Crippen molar-refractivity contribution in [2.75, 3.05) is 5.32 Å². The Balaban J connectivity index is 1.83. The molecular weight excluding hydrogens is 448 g/mol. The van der Waals surface area contributed by atoms with Crippen LogP contribution in [-0.2, 0) is 16.6 Å². The fourth-order valence-corrected chi connectivity index (χ4v) is 4.61. The van der Waals surface area contributed by atoms with Gasteiger partial charge in [0.1, 0.15) is 16.5 Å². The largest absolute Gasteiger partial charge is 0.324 e. The highest BCUT2D eigenvalue weighted by molar-refractivity contribution is 7.90. The van der Waals surface area contributed by atoms with Gasteiger partial charge in [-0.25, -0.2) is 35.7 Å². The van der Waals surface area contributed by atoms with E-state index in [4.69, 9.17) is 0 Å². The third-order valence-electron chi connectivity index (χ3n) is 5.01. The smallest absolute Gasteiger partial charge is 0.266 e. The molecule has 1 aromatic heterocycles. The van der Waals surface area contributed by atoms with Gasteiger partial charge in [0, 0.05) is 17.7 Å². The molecule has 0 fully saturated rings. The number of benzene rings is 2. The minimum atomic E-state index is -4.35. The number of rotatable bonds is 4. The van der Waals surface area contributed by atoms with Crippen LogP contribution >= 0.6 is 0 Å². The van der Waals surface area contributed by atoms with Crippen LogP contribution in [0.4, 0.5) is 23.2 Å². The van der Waals surface area contributed by atoms with E-state index in [1.54, 1.807) is 0 Å². The van der Waals surface area contributed by atoms with E-state index < -0.39 is 44.1 Å². The van der Waals surface area contributed by atoms with E-state index >= 15 is 0 Å². The summed E-state index contributed by atoms with van der Waals surface area (Å²) in [4.78, 5) is 7.24. The fourth-order valence-electron chi connectivity index (χ4n) is 3.44. The number of nitrogens with one attached hydrogen (secondary N) is 2. The molecule has 0 aliphatic carbocycles. The van der Waals surface area contributed by atoms with Crippen LogP contribution in [0.15, 0.2) is 58.5 Å². The quantitative estimate of drug-likeness (QED) is 0.571. The number of halogens is 4. The van der Waals surface area contributed by atoms with Crippen molar-refractivity contribution in [1.29, 1.82) is 0 Å². The van der Waals surface area contributed by atoms with Crippen LogP contribution in [0, 0.1) is 23.3 Å². The molecule has 1 atom stereocenters. The lowest BCUT2D eigenvalue weighted by atomic mass is 9.90. The molecule has 2 N–H and O–H groups in total. The molecule has 0 saturated carbocycles. The number of hydrogen-bond acceptors (Lipinski definition) is 4. The van der Waals surface area contributed by atoms with Gasteiger partial charge in [-0.1, -0.05) is 25.1 Å². The molecule has 0 spiro atoms. The van der Waals surface area contributed by atoms with E-state index in [0.29, 0.717) is 6.07 Å². The number of nitrogens with zero attached hydrogens (tertiary/aromatic N) is 2. The average Bonchev–Trinajstić information content (AvgIpc) is 2.74. The summed E-state index contributed by atoms with van der Waals surface area (Å²) < 4.78 is 84.9. The molecule has 0 amide bonds. The Morgan fingerprint density at radius 3 is 2.47 bits per heavy atom. The first-order chi connectivity index (χ1) is 15.2. The second kappa shape index (κ2) is 8.23. The van der Waals surface area contributed by atoms with Gasteiger partial charge in [-0.3, -0.25) is 4.98 Å². The van der Waals surface area contributed by atoms with Crippen molar-refractivity contribution in [3.8, 4) is 0 Å². The summed E-state index contributed by atoms with van der Waals surface area (Å²) in [5, 5.41) is 2.63. The SMILES string of the molecule is C[C@@H](c1ccccc1F)c1c(F)c(F)cc2c1NC(=NCc1ncccc1F)NS2(=O)=O. The lowest BCUT2D eigenvalue weighted by molar-refractivity contribution is 0.490. The van der Waals surface area contributed by atoms with E-state index in [0.717, 1.165) is 6.07 Å². The van der Waals surface area contributed by atoms with Gasteiger partial charge >= 0.3 is 0 Å². The van der Waals surface area contributed by atoms with Crippen molar-refractivity contribution in [2.45, 2.75) is 24.3 Å². The van der Waals surface area contributed by atoms with E-state index in [9.17, 15) is 26.0 Å². The molecule has 11 heteroatoms. The van der Waals surface area contributed by atoms with Crippen LogP contribution in [-0.4, -0.2) is 19.4 Å². The molecule has 0 bridgehead atoms. The minimum absolute atomic E-state index is 0.0444. The first-order valence-electron chi connectivity index (χ1n) is 9.39. The third kappa shape index (κ3) is 3.91. The lowest BCUT2D eigenvalue weighted by Crippen LogP contribution is -2.41. The predicted molar refractivity (Wildman–Crippen MR) is 110 cm³/mol. The topological polar surface area (TPSA) is 83.4 Å². The first-order valence-corrected chi connectivity index (χ1v) is 10.9. The van der Waals surface area contributed by atoms with E-state index in [-0.39, 0.29) is 35.0 Å². The second-order valence-corrected chi connectivity index (χ2v) is 8.68. The molecule has 0 unspecified atom stereocenters. The standard InChI is InChI=1S/C21H16F4N4O2S/c1-11(12-5-2-3-6-13(12)22)18-19(25)15(24)9-17-20(18)28-21(29-32(17,30)31)27-10-16-14(23)7-4-8-26-16/h2-9,11H,10H2,1H3,(H2,27,28,29)/t11-/m0/s1. The number of guanidine groups is 1. The second-order valence-electron chi connectivity index (χ2n) is 7.03. The Morgan fingerprint density at radius 1 is 1.03 bits per heavy atom. The van der Waals surface area contributed by atoms with Crippen molar-refractivity contribution in [2.24, 2.45) is 4.99 Å². The van der Waals surface area contributed by atoms with Gasteiger partial charge in [-0.2, -0.15) is 0 Å². The van der Waals surface area contributed by atoms with Crippen LogP contribution in [0.25, 0.3) is 0 Å². The zero-order chi connectivity index (χ0) is 23.0. The Kier molecular flexibility index (Phi) is 5.59. The zero-order valence-corrected chi connectivity index (χ0v) is 17.4. The molecule has 166 valence electrons. The molecule has 4 rings (SSSR count). The fraction of sp³-hybridized carbons (Fsp3) is 0.143. The van der Waals surface area contributed by atoms with Crippen molar-refractivity contribution in [1.82, 2.24) is 9.71 Å². The highest BCUT2D eigenvalue weighted by Crippen LogP contribution is 2.39. The maximum absolute atomic E-state index is 14.9. The summed E-state index contributed by atoms with van der Waals surface area (Å²) in [6.07, 6.45) is 1.35. The number of fused-ring (bicyclic) bond motifs is 1. The van der Waals surface area contributed by atoms with E-state index in [1.165, 1.54) is 43.5 Å². The van der Waals surface area contributed by atoms with E-state index in [2.05, 4.69) is 20.0 Å². The summed E-state index contributed by atoms with van der Waals surface area (Å²) in [5.41, 5.74) is -0.659. The Hall–Kier alpha value is -3.47. The number of aromatic nitrogens is 1. The summed E-state index contributed by atoms with van der Waals surface area (Å²) in [6.45, 7) is 1.10. The van der Waals surface area contributed by atoms with Gasteiger partial charge in [-0.15, -0.1) is 0 Å². The van der Waals surface area contributed by atoms with Gasteiger partial charge in [0.2, 0.25) is 5.96 Å². The Bertz CT molecular complexity index is 1350. The molecule has 0 saturated heterocycles. The molecule has 2 heterocycles. The van der Waals surface area contributed by atoms with Crippen molar-refractivity contribution < 1.29 is 26.0 Å². The van der Waals surface area contributed by atoms with Crippen LogP contribution in [0.5, 0.6) is 0 Å². The summed E-state index contributed by atoms with van der Waals surface area (Å²) in [5.74, 6) is -5.40. The van der Waals surface area contributed by atoms with Gasteiger partial charge in [0.05, 0.1) is 17.9 Å². The molecule has 1 aliphatic rings. The number of hydrogen-bond donors (Lipinski definition) is 2. The first kappa shape index (κ1) is 21.8. The molecule has 1 aliphatic heterocycles. The molecule has 2 aromatic carbocycles. The molecule has 0 radical (unpaired) electrons. The van der Waals surface area contributed by atoms with Gasteiger partial charge in [-0.05, 0) is 29.8 Å². The molecule has 6 nitrogen and oxygen atoms in total. The molecule has 3 aromatic rings. The lowest BCUT2D eigenvalue weighted by Gasteiger charge is -2.27. The van der Waals surface area contributed by atoms with Crippen LogP contribution in [0.1, 0.15) is 29.7 Å². The molecular formula is C21H16F4N4O2S. The highest BCUT2D eigenvalue weighted by atomic mass is 32.2. The number of sulfonamides is 1.